The molecular formula is C18H22N2O2. The first-order valence-electron chi connectivity index (χ1n) is 7.38. The molecule has 4 nitrogen and oxygen atoms in total. The van der Waals surface area contributed by atoms with Crippen LogP contribution in [0.3, 0.4) is 0 Å². The molecule has 1 amide bonds. The number of carbonyl (C=O) groups is 1. The molecule has 116 valence electrons. The molecule has 0 aliphatic carbocycles. The Hall–Kier alpha value is -2.17. The first kappa shape index (κ1) is 16.2. The highest BCUT2D eigenvalue weighted by Crippen LogP contribution is 2.12. The van der Waals surface area contributed by atoms with Crippen molar-refractivity contribution in [3.8, 4) is 0 Å². The van der Waals surface area contributed by atoms with Gasteiger partial charge in [-0.3, -0.25) is 4.79 Å². The molecule has 0 fully saturated rings. The number of nitrogens with zero attached hydrogens (tertiary/aromatic N) is 1. The van der Waals surface area contributed by atoms with Crippen molar-refractivity contribution in [1.29, 1.82) is 0 Å². The van der Waals surface area contributed by atoms with Gasteiger partial charge in [0.15, 0.2) is 0 Å². The van der Waals surface area contributed by atoms with Crippen LogP contribution in [0.5, 0.6) is 0 Å². The van der Waals surface area contributed by atoms with Gasteiger partial charge in [-0.15, -0.1) is 0 Å². The summed E-state index contributed by atoms with van der Waals surface area (Å²) in [4.78, 5) is 14.2. The van der Waals surface area contributed by atoms with Crippen LogP contribution >= 0.6 is 0 Å². The molecule has 2 rings (SSSR count). The van der Waals surface area contributed by atoms with Gasteiger partial charge in [-0.2, -0.15) is 0 Å². The van der Waals surface area contributed by atoms with Gasteiger partial charge in [0.1, 0.15) is 6.04 Å². The molecule has 0 heterocycles. The molecule has 0 aliphatic rings. The summed E-state index contributed by atoms with van der Waals surface area (Å²) in [6.45, 7) is 2.47. The molecule has 0 spiro atoms. The number of hydrogen-bond acceptors (Lipinski definition) is 3. The zero-order valence-electron chi connectivity index (χ0n) is 12.7. The van der Waals surface area contributed by atoms with Crippen molar-refractivity contribution in [3.63, 3.8) is 0 Å². The Morgan fingerprint density at radius 3 is 1.77 bits per heavy atom. The van der Waals surface area contributed by atoms with Crippen LogP contribution in [-0.4, -0.2) is 28.1 Å². The number of benzene rings is 2. The third-order valence-corrected chi connectivity index (χ3v) is 3.55. The van der Waals surface area contributed by atoms with Crippen LogP contribution < -0.4 is 5.73 Å². The van der Waals surface area contributed by atoms with E-state index in [1.165, 1.54) is 6.92 Å². The molecule has 0 saturated heterocycles. The van der Waals surface area contributed by atoms with Crippen molar-refractivity contribution in [2.75, 3.05) is 0 Å². The Morgan fingerprint density at radius 2 is 1.41 bits per heavy atom. The lowest BCUT2D eigenvalue weighted by atomic mass is 10.1. The number of amides is 1. The van der Waals surface area contributed by atoms with E-state index < -0.39 is 12.1 Å². The Morgan fingerprint density at radius 1 is 1.00 bits per heavy atom. The predicted molar refractivity (Wildman–Crippen MR) is 86.8 cm³/mol. The average Bonchev–Trinajstić information content (AvgIpc) is 2.54. The second-order valence-corrected chi connectivity index (χ2v) is 5.43. The second-order valence-electron chi connectivity index (χ2n) is 5.43. The van der Waals surface area contributed by atoms with E-state index in [1.54, 1.807) is 4.90 Å². The average molecular weight is 298 g/mol. The number of aliphatic hydroxyl groups is 1. The molecule has 3 N–H and O–H groups in total. The lowest BCUT2D eigenvalue weighted by molar-refractivity contribution is -0.136. The van der Waals surface area contributed by atoms with Crippen LogP contribution in [0.1, 0.15) is 18.1 Å². The minimum Gasteiger partial charge on any atom is -0.391 e. The highest BCUT2D eigenvalue weighted by atomic mass is 16.3. The zero-order valence-corrected chi connectivity index (χ0v) is 12.7. The van der Waals surface area contributed by atoms with Crippen LogP contribution in [0, 0.1) is 0 Å². The molecule has 2 atom stereocenters. The summed E-state index contributed by atoms with van der Waals surface area (Å²) in [6.07, 6.45) is -0.874. The fraction of sp³-hybridized carbons (Fsp3) is 0.278. The topological polar surface area (TPSA) is 66.6 Å². The van der Waals surface area contributed by atoms with Crippen LogP contribution in [0.25, 0.3) is 0 Å². The summed E-state index contributed by atoms with van der Waals surface area (Å²) < 4.78 is 0. The zero-order chi connectivity index (χ0) is 15.9. The SMILES string of the molecule is C[C@H](O)[C@H](N)C(=O)N(Cc1ccccc1)Cc1ccccc1. The lowest BCUT2D eigenvalue weighted by Crippen LogP contribution is -2.48. The first-order chi connectivity index (χ1) is 10.6. The first-order valence-corrected chi connectivity index (χ1v) is 7.38. The van der Waals surface area contributed by atoms with E-state index in [1.807, 2.05) is 60.7 Å². The summed E-state index contributed by atoms with van der Waals surface area (Å²) >= 11 is 0. The third-order valence-electron chi connectivity index (χ3n) is 3.55. The van der Waals surface area contributed by atoms with E-state index in [2.05, 4.69) is 0 Å². The number of hydrogen-bond donors (Lipinski definition) is 2. The normalized spacial score (nSPS) is 13.4. The summed E-state index contributed by atoms with van der Waals surface area (Å²) in [6, 6.07) is 18.6. The fourth-order valence-electron chi connectivity index (χ4n) is 2.24. The molecule has 0 aliphatic heterocycles. The smallest absolute Gasteiger partial charge is 0.242 e. The number of rotatable bonds is 6. The molecule has 2 aromatic carbocycles. The van der Waals surface area contributed by atoms with E-state index in [4.69, 9.17) is 5.73 Å². The third kappa shape index (κ3) is 4.41. The quantitative estimate of drug-likeness (QED) is 0.856. The summed E-state index contributed by atoms with van der Waals surface area (Å²) in [7, 11) is 0. The van der Waals surface area contributed by atoms with Crippen molar-refractivity contribution in [3.05, 3.63) is 71.8 Å². The largest absolute Gasteiger partial charge is 0.391 e. The Kier molecular flexibility index (Phi) is 5.69. The van der Waals surface area contributed by atoms with Gasteiger partial charge < -0.3 is 15.7 Å². The maximum Gasteiger partial charge on any atom is 0.242 e. The van der Waals surface area contributed by atoms with E-state index in [0.717, 1.165) is 11.1 Å². The van der Waals surface area contributed by atoms with Crippen molar-refractivity contribution >= 4 is 5.91 Å². The van der Waals surface area contributed by atoms with Gasteiger partial charge in [0.25, 0.3) is 0 Å². The molecular weight excluding hydrogens is 276 g/mol. The van der Waals surface area contributed by atoms with E-state index >= 15 is 0 Å². The van der Waals surface area contributed by atoms with Crippen LogP contribution in [0.15, 0.2) is 60.7 Å². The standard InChI is InChI=1S/C18H22N2O2/c1-14(21)17(19)18(22)20(12-15-8-4-2-5-9-15)13-16-10-6-3-7-11-16/h2-11,14,17,21H,12-13,19H2,1H3/t14-,17-/m0/s1. The van der Waals surface area contributed by atoms with Gasteiger partial charge in [-0.1, -0.05) is 60.7 Å². The molecule has 0 saturated carbocycles. The molecule has 0 bridgehead atoms. The molecule has 0 radical (unpaired) electrons. The van der Waals surface area contributed by atoms with Gasteiger partial charge in [0.2, 0.25) is 5.91 Å². The van der Waals surface area contributed by atoms with Gasteiger partial charge in [-0.25, -0.2) is 0 Å². The maximum atomic E-state index is 12.5. The molecule has 0 aromatic heterocycles. The molecule has 0 unspecified atom stereocenters. The summed E-state index contributed by atoms with van der Waals surface area (Å²) in [5, 5.41) is 9.60. The van der Waals surface area contributed by atoms with Gasteiger partial charge in [0, 0.05) is 13.1 Å². The monoisotopic (exact) mass is 298 g/mol. The van der Waals surface area contributed by atoms with Crippen molar-refractivity contribution in [1.82, 2.24) is 4.90 Å². The number of nitrogens with two attached hydrogens (primary N) is 1. The highest BCUT2D eigenvalue weighted by Gasteiger charge is 2.25. The number of aliphatic hydroxyl groups excluding tert-OH is 1. The Balaban J connectivity index is 2.18. The predicted octanol–water partition coefficient (Wildman–Crippen LogP) is 1.92. The van der Waals surface area contributed by atoms with E-state index in [9.17, 15) is 9.90 Å². The second kappa shape index (κ2) is 7.73. The summed E-state index contributed by atoms with van der Waals surface area (Å²) in [5.41, 5.74) is 7.89. The molecule has 2 aromatic rings. The van der Waals surface area contributed by atoms with Crippen molar-refractivity contribution < 1.29 is 9.90 Å². The van der Waals surface area contributed by atoms with Crippen molar-refractivity contribution in [2.24, 2.45) is 5.73 Å². The highest BCUT2D eigenvalue weighted by molar-refractivity contribution is 5.82. The van der Waals surface area contributed by atoms with Gasteiger partial charge >= 0.3 is 0 Å². The minimum atomic E-state index is -0.910. The Labute approximate surface area is 131 Å². The molecule has 4 heteroatoms. The van der Waals surface area contributed by atoms with E-state index in [0.29, 0.717) is 13.1 Å². The Bertz CT molecular complexity index is 543. The van der Waals surface area contributed by atoms with Crippen molar-refractivity contribution in [2.45, 2.75) is 32.2 Å². The molecule has 22 heavy (non-hydrogen) atoms. The van der Waals surface area contributed by atoms with Crippen LogP contribution in [0.4, 0.5) is 0 Å². The summed E-state index contributed by atoms with van der Waals surface area (Å²) in [5.74, 6) is -0.247. The lowest BCUT2D eigenvalue weighted by Gasteiger charge is -2.27. The van der Waals surface area contributed by atoms with Gasteiger partial charge in [0.05, 0.1) is 6.10 Å². The minimum absolute atomic E-state index is 0.247. The van der Waals surface area contributed by atoms with Crippen LogP contribution in [0.2, 0.25) is 0 Å². The fourth-order valence-corrected chi connectivity index (χ4v) is 2.24. The maximum absolute atomic E-state index is 12.5. The van der Waals surface area contributed by atoms with Gasteiger partial charge in [-0.05, 0) is 18.1 Å². The van der Waals surface area contributed by atoms with E-state index in [-0.39, 0.29) is 5.91 Å². The van der Waals surface area contributed by atoms with Crippen LogP contribution in [-0.2, 0) is 17.9 Å². The number of carbonyl (C=O) groups excluding carboxylic acids is 1.